The number of nitriles is 1. The summed E-state index contributed by atoms with van der Waals surface area (Å²) in [5.41, 5.74) is -0.229. The molecule has 0 unspecified atom stereocenters. The quantitative estimate of drug-likeness (QED) is 0.202. The van der Waals surface area contributed by atoms with Gasteiger partial charge in [0.1, 0.15) is 29.7 Å². The van der Waals surface area contributed by atoms with Gasteiger partial charge in [-0.15, -0.1) is 0 Å². The second-order valence-electron chi connectivity index (χ2n) is 5.32. The largest absolute Gasteiger partial charge is 0.489 e. The summed E-state index contributed by atoms with van der Waals surface area (Å²) in [6.45, 7) is 3.82. The van der Waals surface area contributed by atoms with Crippen molar-refractivity contribution in [3.63, 3.8) is 0 Å². The fraction of sp³-hybridized carbons (Fsp3) is 0.0526. The minimum absolute atomic E-state index is 0.0714. The molecule has 2 aromatic rings. The average molecular weight is 463 g/mol. The van der Waals surface area contributed by atoms with Crippen LogP contribution < -0.4 is 10.1 Å². The minimum atomic E-state index is -0.803. The van der Waals surface area contributed by atoms with Crippen LogP contribution in [0.3, 0.4) is 0 Å². The highest BCUT2D eigenvalue weighted by Crippen LogP contribution is 2.29. The predicted molar refractivity (Wildman–Crippen MR) is 110 cm³/mol. The van der Waals surface area contributed by atoms with Crippen molar-refractivity contribution in [3.05, 3.63) is 79.8 Å². The van der Waals surface area contributed by atoms with Gasteiger partial charge in [-0.3, -0.25) is 14.9 Å². The molecule has 1 amide bonds. The van der Waals surface area contributed by atoms with Gasteiger partial charge in [-0.2, -0.15) is 5.26 Å². The fourth-order valence-electron chi connectivity index (χ4n) is 2.17. The van der Waals surface area contributed by atoms with Gasteiger partial charge < -0.3 is 10.1 Å². The van der Waals surface area contributed by atoms with Crippen LogP contribution in [-0.2, 0) is 4.79 Å². The van der Waals surface area contributed by atoms with E-state index < -0.39 is 10.8 Å². The molecule has 0 aliphatic heterocycles. The third kappa shape index (κ3) is 5.42. The summed E-state index contributed by atoms with van der Waals surface area (Å²) in [5.74, 6) is -0.358. The van der Waals surface area contributed by atoms with E-state index in [1.54, 1.807) is 30.3 Å². The Morgan fingerprint density at radius 3 is 2.79 bits per heavy atom. The molecule has 1 N–H and O–H groups in total. The Kier molecular flexibility index (Phi) is 7.32. The number of anilines is 1. The van der Waals surface area contributed by atoms with Gasteiger partial charge in [0, 0.05) is 21.1 Å². The predicted octanol–water partition coefficient (Wildman–Crippen LogP) is 5.12. The van der Waals surface area contributed by atoms with E-state index in [0.717, 1.165) is 10.5 Å². The van der Waals surface area contributed by atoms with Gasteiger partial charge in [0.25, 0.3) is 11.6 Å². The SMILES string of the molecule is C=CCOc1ccc(Br)cc1C=C(C#N)C(=O)Nc1ccc(Cl)cc1[N+](=O)[O-]. The van der Waals surface area contributed by atoms with Crippen molar-refractivity contribution < 1.29 is 14.5 Å². The molecule has 0 saturated carbocycles. The number of rotatable bonds is 7. The van der Waals surface area contributed by atoms with E-state index in [4.69, 9.17) is 16.3 Å². The molecule has 0 saturated heterocycles. The summed E-state index contributed by atoms with van der Waals surface area (Å²) in [6.07, 6.45) is 2.90. The minimum Gasteiger partial charge on any atom is -0.489 e. The van der Waals surface area contributed by atoms with Gasteiger partial charge in [0.05, 0.1) is 4.92 Å². The Balaban J connectivity index is 2.37. The lowest BCUT2D eigenvalue weighted by Crippen LogP contribution is -2.14. The van der Waals surface area contributed by atoms with E-state index in [2.05, 4.69) is 27.8 Å². The molecule has 0 heterocycles. The molecule has 0 bridgehead atoms. The van der Waals surface area contributed by atoms with E-state index in [9.17, 15) is 20.2 Å². The number of benzene rings is 2. The molecule has 0 spiro atoms. The number of nitro groups is 1. The molecule has 0 fully saturated rings. The molecule has 0 radical (unpaired) electrons. The molecule has 0 aromatic heterocycles. The van der Waals surface area contributed by atoms with Crippen LogP contribution in [0.25, 0.3) is 6.08 Å². The van der Waals surface area contributed by atoms with Crippen LogP contribution in [0.2, 0.25) is 5.02 Å². The number of nitro benzene ring substituents is 1. The monoisotopic (exact) mass is 461 g/mol. The van der Waals surface area contributed by atoms with E-state index in [1.165, 1.54) is 18.2 Å². The van der Waals surface area contributed by atoms with Crippen molar-refractivity contribution in [1.82, 2.24) is 0 Å². The molecule has 28 heavy (non-hydrogen) atoms. The molecule has 2 aromatic carbocycles. The second-order valence-corrected chi connectivity index (χ2v) is 6.68. The Morgan fingerprint density at radius 2 is 2.14 bits per heavy atom. The molecule has 0 aliphatic rings. The molecule has 0 atom stereocenters. The van der Waals surface area contributed by atoms with Gasteiger partial charge in [-0.1, -0.05) is 40.2 Å². The number of hydrogen-bond acceptors (Lipinski definition) is 5. The number of ether oxygens (including phenoxy) is 1. The standard InChI is InChI=1S/C19H13BrClN3O4/c1-2-7-28-18-6-3-14(20)9-12(18)8-13(11-22)19(25)23-16-5-4-15(21)10-17(16)24(26)27/h2-6,8-10H,1,7H2,(H,23,25). The molecule has 0 aliphatic carbocycles. The fourth-order valence-corrected chi connectivity index (χ4v) is 2.71. The van der Waals surface area contributed by atoms with Gasteiger partial charge in [0.2, 0.25) is 0 Å². The highest BCUT2D eigenvalue weighted by atomic mass is 79.9. The number of halogens is 2. The number of nitrogens with one attached hydrogen (secondary N) is 1. The second kappa shape index (κ2) is 9.69. The lowest BCUT2D eigenvalue weighted by molar-refractivity contribution is -0.383. The Morgan fingerprint density at radius 1 is 1.39 bits per heavy atom. The third-order valence-corrected chi connectivity index (χ3v) is 4.13. The van der Waals surface area contributed by atoms with E-state index in [-0.39, 0.29) is 28.6 Å². The number of carbonyl (C=O) groups excluding carboxylic acids is 1. The molecule has 142 valence electrons. The number of amides is 1. The molecule has 7 nitrogen and oxygen atoms in total. The first-order valence-corrected chi connectivity index (χ1v) is 8.93. The highest BCUT2D eigenvalue weighted by molar-refractivity contribution is 9.10. The van der Waals surface area contributed by atoms with Crippen LogP contribution >= 0.6 is 27.5 Å². The third-order valence-electron chi connectivity index (χ3n) is 3.40. The van der Waals surface area contributed by atoms with Crippen LogP contribution in [0.4, 0.5) is 11.4 Å². The van der Waals surface area contributed by atoms with Crippen LogP contribution in [-0.4, -0.2) is 17.4 Å². The van der Waals surface area contributed by atoms with E-state index in [0.29, 0.717) is 11.3 Å². The van der Waals surface area contributed by atoms with Crippen molar-refractivity contribution in [2.45, 2.75) is 0 Å². The number of nitrogens with zero attached hydrogens (tertiary/aromatic N) is 2. The lowest BCUT2D eigenvalue weighted by atomic mass is 10.1. The first-order chi connectivity index (χ1) is 13.3. The van der Waals surface area contributed by atoms with Crippen LogP contribution in [0.1, 0.15) is 5.56 Å². The summed E-state index contributed by atoms with van der Waals surface area (Å²) < 4.78 is 6.24. The number of hydrogen-bond donors (Lipinski definition) is 1. The van der Waals surface area contributed by atoms with E-state index in [1.807, 2.05) is 0 Å². The maximum Gasteiger partial charge on any atom is 0.294 e. The molecular weight excluding hydrogens is 450 g/mol. The van der Waals surface area contributed by atoms with Gasteiger partial charge in [-0.25, -0.2) is 0 Å². The molecular formula is C19H13BrClN3O4. The highest BCUT2D eigenvalue weighted by Gasteiger charge is 2.19. The Bertz CT molecular complexity index is 1010. The van der Waals surface area contributed by atoms with Gasteiger partial charge in [-0.05, 0) is 36.4 Å². The zero-order valence-corrected chi connectivity index (χ0v) is 16.7. The van der Waals surface area contributed by atoms with Crippen molar-refractivity contribution >= 4 is 50.9 Å². The average Bonchev–Trinajstić information content (AvgIpc) is 2.66. The summed E-state index contributed by atoms with van der Waals surface area (Å²) >= 11 is 9.09. The van der Waals surface area contributed by atoms with E-state index >= 15 is 0 Å². The first kappa shape index (κ1) is 21.2. The van der Waals surface area contributed by atoms with Gasteiger partial charge >= 0.3 is 0 Å². The van der Waals surface area contributed by atoms with Crippen molar-refractivity contribution in [1.29, 1.82) is 5.26 Å². The maximum absolute atomic E-state index is 12.5. The Hall–Kier alpha value is -3.15. The summed E-state index contributed by atoms with van der Waals surface area (Å²) in [7, 11) is 0. The first-order valence-electron chi connectivity index (χ1n) is 7.76. The zero-order valence-electron chi connectivity index (χ0n) is 14.3. The summed E-state index contributed by atoms with van der Waals surface area (Å²) in [5, 5.41) is 23.1. The van der Waals surface area contributed by atoms with Gasteiger partial charge in [0.15, 0.2) is 0 Å². The normalized spacial score (nSPS) is 10.7. The van der Waals surface area contributed by atoms with Crippen LogP contribution in [0.15, 0.2) is 59.1 Å². The molecule has 9 heteroatoms. The maximum atomic E-state index is 12.5. The van der Waals surface area contributed by atoms with Crippen molar-refractivity contribution in [2.75, 3.05) is 11.9 Å². The summed E-state index contributed by atoms with van der Waals surface area (Å²) in [4.78, 5) is 23.0. The van der Waals surface area contributed by atoms with Crippen molar-refractivity contribution in [2.24, 2.45) is 0 Å². The summed E-state index contributed by atoms with van der Waals surface area (Å²) in [6, 6.07) is 10.7. The molecule has 2 rings (SSSR count). The topological polar surface area (TPSA) is 105 Å². The Labute approximate surface area is 174 Å². The van der Waals surface area contributed by atoms with Crippen LogP contribution in [0.5, 0.6) is 5.75 Å². The smallest absolute Gasteiger partial charge is 0.294 e. The number of carbonyl (C=O) groups is 1. The lowest BCUT2D eigenvalue weighted by Gasteiger charge is -2.09. The van der Waals surface area contributed by atoms with Crippen LogP contribution in [0, 0.1) is 21.4 Å². The van der Waals surface area contributed by atoms with Crippen molar-refractivity contribution in [3.8, 4) is 11.8 Å². The zero-order chi connectivity index (χ0) is 20.7.